The fourth-order valence-corrected chi connectivity index (χ4v) is 5.60. The Kier molecular flexibility index (Phi) is 7.01. The number of aromatic nitrogens is 3. The first-order valence-corrected chi connectivity index (χ1v) is 13.7. The smallest absolute Gasteiger partial charge is 0.219 e. The number of fused-ring (bicyclic) bond motifs is 1. The molecule has 2 fully saturated rings. The summed E-state index contributed by atoms with van der Waals surface area (Å²) >= 11 is 0. The summed E-state index contributed by atoms with van der Waals surface area (Å²) < 4.78 is 33.3. The van der Waals surface area contributed by atoms with E-state index in [1.807, 2.05) is 18.2 Å². The van der Waals surface area contributed by atoms with Gasteiger partial charge < -0.3 is 19.4 Å². The number of pyridine rings is 1. The number of halogens is 2. The topological polar surface area (TPSA) is 74.7 Å². The number of anilines is 2. The molecule has 3 aliphatic heterocycles. The number of benzene rings is 1. The minimum Gasteiger partial charge on any atom is -0.487 e. The highest BCUT2D eigenvalue weighted by Crippen LogP contribution is 2.33. The van der Waals surface area contributed by atoms with E-state index in [4.69, 9.17) is 19.7 Å². The van der Waals surface area contributed by atoms with Gasteiger partial charge in [-0.15, -0.1) is 0 Å². The van der Waals surface area contributed by atoms with Gasteiger partial charge in [0.05, 0.1) is 23.6 Å². The average molecular weight is 535 g/mol. The summed E-state index contributed by atoms with van der Waals surface area (Å²) in [5.41, 5.74) is 3.20. The molecule has 0 radical (unpaired) electrons. The molecule has 1 aromatic carbocycles. The van der Waals surface area contributed by atoms with Gasteiger partial charge in [-0.1, -0.05) is 6.07 Å². The molecule has 2 saturated heterocycles. The van der Waals surface area contributed by atoms with Crippen molar-refractivity contribution in [1.82, 2.24) is 19.9 Å². The van der Waals surface area contributed by atoms with Gasteiger partial charge in [0.2, 0.25) is 5.91 Å². The molecule has 3 aliphatic rings. The number of hydrogen-bond acceptors (Lipinski definition) is 7. The van der Waals surface area contributed by atoms with Crippen LogP contribution in [0.3, 0.4) is 0 Å². The van der Waals surface area contributed by atoms with E-state index in [1.54, 1.807) is 11.8 Å². The van der Waals surface area contributed by atoms with Crippen LogP contribution in [-0.2, 0) is 17.8 Å². The number of carbonyl (C=O) groups excluding carboxylic acids is 1. The molecular weight excluding hydrogens is 502 g/mol. The molecule has 0 N–H and O–H groups in total. The lowest BCUT2D eigenvalue weighted by atomic mass is 10.1. The van der Waals surface area contributed by atoms with Gasteiger partial charge >= 0.3 is 0 Å². The van der Waals surface area contributed by atoms with Crippen molar-refractivity contribution in [3.8, 4) is 17.1 Å². The van der Waals surface area contributed by atoms with Crippen molar-refractivity contribution in [2.24, 2.45) is 0 Å². The Morgan fingerprint density at radius 1 is 0.923 bits per heavy atom. The van der Waals surface area contributed by atoms with Gasteiger partial charge in [0.25, 0.3) is 0 Å². The third-order valence-electron chi connectivity index (χ3n) is 7.77. The van der Waals surface area contributed by atoms with Crippen LogP contribution in [0.4, 0.5) is 20.4 Å². The van der Waals surface area contributed by atoms with Crippen molar-refractivity contribution in [2.45, 2.75) is 51.7 Å². The predicted octanol–water partition coefficient (Wildman–Crippen LogP) is 4.37. The van der Waals surface area contributed by atoms with Gasteiger partial charge in [0, 0.05) is 65.0 Å². The van der Waals surface area contributed by atoms with Crippen molar-refractivity contribution < 1.29 is 18.3 Å². The van der Waals surface area contributed by atoms with Crippen LogP contribution in [0.1, 0.15) is 44.0 Å². The van der Waals surface area contributed by atoms with Gasteiger partial charge in [0.1, 0.15) is 23.4 Å². The average Bonchev–Trinajstić information content (AvgIpc) is 3.49. The van der Waals surface area contributed by atoms with Crippen molar-refractivity contribution in [2.75, 3.05) is 42.5 Å². The van der Waals surface area contributed by atoms with E-state index in [-0.39, 0.29) is 17.8 Å². The number of carbonyl (C=O) groups is 1. The summed E-state index contributed by atoms with van der Waals surface area (Å²) in [7, 11) is 0. The highest BCUT2D eigenvalue weighted by atomic mass is 19.1. The van der Waals surface area contributed by atoms with Crippen LogP contribution in [0.2, 0.25) is 0 Å². The van der Waals surface area contributed by atoms with Crippen LogP contribution < -0.4 is 14.5 Å². The second kappa shape index (κ2) is 10.7. The Morgan fingerprint density at radius 3 is 2.46 bits per heavy atom. The molecule has 2 aromatic heterocycles. The Balaban J connectivity index is 1.28. The maximum atomic E-state index is 14.1. The number of rotatable bonds is 5. The van der Waals surface area contributed by atoms with Crippen LogP contribution in [0, 0.1) is 11.6 Å². The van der Waals surface area contributed by atoms with Crippen LogP contribution in [0.5, 0.6) is 5.75 Å². The normalized spacial score (nSPS) is 17.9. The van der Waals surface area contributed by atoms with Crippen molar-refractivity contribution in [3.63, 3.8) is 0 Å². The highest BCUT2D eigenvalue weighted by Gasteiger charge is 2.29. The molecule has 0 bridgehead atoms. The Labute approximate surface area is 226 Å². The molecule has 10 heteroatoms. The van der Waals surface area contributed by atoms with Gasteiger partial charge in [-0.3, -0.25) is 4.79 Å². The fourth-order valence-electron chi connectivity index (χ4n) is 5.60. The van der Waals surface area contributed by atoms with Crippen LogP contribution in [-0.4, -0.2) is 64.6 Å². The minimum atomic E-state index is -0.691. The zero-order valence-corrected chi connectivity index (χ0v) is 22.1. The Hall–Kier alpha value is -3.82. The lowest BCUT2D eigenvalue weighted by molar-refractivity contribution is -0.129. The lowest BCUT2D eigenvalue weighted by Gasteiger charge is -2.35. The van der Waals surface area contributed by atoms with E-state index in [2.05, 4.69) is 9.80 Å². The predicted molar refractivity (Wildman–Crippen MR) is 144 cm³/mol. The van der Waals surface area contributed by atoms with E-state index < -0.39 is 11.6 Å². The molecule has 0 aliphatic carbocycles. The molecule has 5 heterocycles. The standard InChI is InChI=1S/C29H32F2N6O2/c1-19(38)37-16-11-23-25(18-37)33-28(24-5-4-6-27(32-24)35-12-2-3-13-35)29(34-23)36-14-9-21(10-15-36)39-26-8-7-20(30)17-22(26)31/h4-8,17,21H,2-3,9-16,18H2,1H3. The first-order valence-electron chi connectivity index (χ1n) is 13.7. The molecule has 8 nitrogen and oxygen atoms in total. The summed E-state index contributed by atoms with van der Waals surface area (Å²) in [6, 6.07) is 9.41. The number of hydrogen-bond donors (Lipinski definition) is 0. The van der Waals surface area contributed by atoms with E-state index in [9.17, 15) is 13.6 Å². The molecular formula is C29H32F2N6O2. The first-order chi connectivity index (χ1) is 18.9. The largest absolute Gasteiger partial charge is 0.487 e. The zero-order chi connectivity index (χ0) is 26.9. The van der Waals surface area contributed by atoms with Gasteiger partial charge in [0.15, 0.2) is 17.4 Å². The van der Waals surface area contributed by atoms with Gasteiger partial charge in [-0.25, -0.2) is 23.7 Å². The van der Waals surface area contributed by atoms with Crippen molar-refractivity contribution in [3.05, 3.63) is 59.4 Å². The second-order valence-electron chi connectivity index (χ2n) is 10.4. The Bertz CT molecular complexity index is 1370. The maximum absolute atomic E-state index is 14.1. The monoisotopic (exact) mass is 534 g/mol. The number of ether oxygens (including phenoxy) is 1. The van der Waals surface area contributed by atoms with E-state index >= 15 is 0 Å². The van der Waals surface area contributed by atoms with E-state index in [0.29, 0.717) is 51.1 Å². The second-order valence-corrected chi connectivity index (χ2v) is 10.4. The lowest BCUT2D eigenvalue weighted by Crippen LogP contribution is -2.40. The number of amides is 1. The molecule has 0 saturated carbocycles. The maximum Gasteiger partial charge on any atom is 0.219 e. The van der Waals surface area contributed by atoms with E-state index in [0.717, 1.165) is 60.7 Å². The minimum absolute atomic E-state index is 0.0295. The summed E-state index contributed by atoms with van der Waals surface area (Å²) in [5.74, 6) is 0.506. The molecule has 204 valence electrons. The molecule has 6 rings (SSSR count). The Morgan fingerprint density at radius 2 is 1.72 bits per heavy atom. The quantitative estimate of drug-likeness (QED) is 0.481. The summed E-state index contributed by atoms with van der Waals surface area (Å²) in [6.07, 6.45) is 4.12. The van der Waals surface area contributed by atoms with Crippen molar-refractivity contribution in [1.29, 1.82) is 0 Å². The fraction of sp³-hybridized carbons (Fsp3) is 0.448. The van der Waals surface area contributed by atoms with Crippen molar-refractivity contribution >= 4 is 17.5 Å². The first kappa shape index (κ1) is 25.5. The molecule has 1 amide bonds. The van der Waals surface area contributed by atoms with Gasteiger partial charge in [-0.05, 0) is 37.1 Å². The summed E-state index contributed by atoms with van der Waals surface area (Å²) in [5, 5.41) is 0. The third kappa shape index (κ3) is 5.37. The third-order valence-corrected chi connectivity index (χ3v) is 7.77. The number of piperidine rings is 1. The summed E-state index contributed by atoms with van der Waals surface area (Å²) in [6.45, 7) is 5.94. The van der Waals surface area contributed by atoms with Crippen LogP contribution in [0.15, 0.2) is 36.4 Å². The molecule has 39 heavy (non-hydrogen) atoms. The van der Waals surface area contributed by atoms with Gasteiger partial charge in [-0.2, -0.15) is 0 Å². The number of nitrogens with zero attached hydrogens (tertiary/aromatic N) is 6. The zero-order valence-electron chi connectivity index (χ0n) is 22.1. The molecule has 3 aromatic rings. The summed E-state index contributed by atoms with van der Waals surface area (Å²) in [4.78, 5) is 33.5. The molecule has 0 atom stereocenters. The SMILES string of the molecule is CC(=O)N1CCc2nc(N3CCC(Oc4ccc(F)cc4F)CC3)c(-c3cccc(N4CCCC4)n3)nc2C1. The molecule has 0 spiro atoms. The van der Waals surface area contributed by atoms with Crippen LogP contribution >= 0.6 is 0 Å². The molecule has 0 unspecified atom stereocenters. The van der Waals surface area contributed by atoms with E-state index in [1.165, 1.54) is 12.1 Å². The highest BCUT2D eigenvalue weighted by molar-refractivity contribution is 5.74. The van der Waals surface area contributed by atoms with Crippen LogP contribution in [0.25, 0.3) is 11.4 Å².